The van der Waals surface area contributed by atoms with Gasteiger partial charge in [-0.1, -0.05) is 48.5 Å². The number of hydrogen-bond acceptors (Lipinski definition) is 4. The van der Waals surface area contributed by atoms with Crippen LogP contribution in [0.5, 0.6) is 5.75 Å². The quantitative estimate of drug-likeness (QED) is 0.604. The Kier molecular flexibility index (Phi) is 7.21. The molecule has 2 aromatic rings. The van der Waals surface area contributed by atoms with E-state index in [0.717, 1.165) is 42.9 Å². The lowest BCUT2D eigenvalue weighted by Gasteiger charge is -2.37. The average molecular weight is 375 g/mol. The first-order valence-corrected chi connectivity index (χ1v) is 8.81. The summed E-state index contributed by atoms with van der Waals surface area (Å²) in [6.07, 6.45) is 0. The van der Waals surface area contributed by atoms with Crippen LogP contribution in [0.2, 0.25) is 0 Å². The van der Waals surface area contributed by atoms with E-state index in [0.29, 0.717) is 5.75 Å². The highest BCUT2D eigenvalue weighted by atomic mass is 35.5. The molecule has 26 heavy (non-hydrogen) atoms. The summed E-state index contributed by atoms with van der Waals surface area (Å²) in [7, 11) is 2.11. The van der Waals surface area contributed by atoms with Gasteiger partial charge in [0.2, 0.25) is 0 Å². The summed E-state index contributed by atoms with van der Waals surface area (Å²) >= 11 is 0. The molecule has 5 heteroatoms. The summed E-state index contributed by atoms with van der Waals surface area (Å²) in [6.45, 7) is 7.59. The molecule has 0 saturated carbocycles. The Balaban J connectivity index is 0.00000243. The maximum absolute atomic E-state index is 13.1. The van der Waals surface area contributed by atoms with Crippen LogP contribution in [0, 0.1) is 13.8 Å². The minimum Gasteiger partial charge on any atom is -0.425 e. The second kappa shape index (κ2) is 9.17. The van der Waals surface area contributed by atoms with Crippen molar-refractivity contribution in [1.29, 1.82) is 0 Å². The topological polar surface area (TPSA) is 32.8 Å². The van der Waals surface area contributed by atoms with E-state index < -0.39 is 0 Å². The number of likely N-dealkylation sites (N-methyl/N-ethyl adjacent to an activating group) is 1. The molecular formula is C21H27ClN2O2. The largest absolute Gasteiger partial charge is 0.425 e. The second-order valence-electron chi connectivity index (χ2n) is 6.79. The highest BCUT2D eigenvalue weighted by Crippen LogP contribution is 2.28. The Morgan fingerprint density at radius 1 is 0.923 bits per heavy atom. The van der Waals surface area contributed by atoms with E-state index in [9.17, 15) is 4.79 Å². The van der Waals surface area contributed by atoms with Crippen molar-refractivity contribution in [2.24, 2.45) is 0 Å². The zero-order valence-electron chi connectivity index (χ0n) is 15.6. The molecule has 1 aliphatic heterocycles. The van der Waals surface area contributed by atoms with E-state index >= 15 is 0 Å². The first-order valence-electron chi connectivity index (χ1n) is 8.81. The van der Waals surface area contributed by atoms with Gasteiger partial charge in [0, 0.05) is 26.2 Å². The molecule has 0 spiro atoms. The van der Waals surface area contributed by atoms with E-state index in [2.05, 4.69) is 16.8 Å². The summed E-state index contributed by atoms with van der Waals surface area (Å²) < 4.78 is 5.88. The van der Waals surface area contributed by atoms with Crippen molar-refractivity contribution in [3.05, 3.63) is 65.2 Å². The van der Waals surface area contributed by atoms with E-state index in [-0.39, 0.29) is 24.4 Å². The van der Waals surface area contributed by atoms with E-state index in [4.69, 9.17) is 4.74 Å². The molecule has 0 aliphatic carbocycles. The van der Waals surface area contributed by atoms with Crippen LogP contribution in [-0.4, -0.2) is 49.0 Å². The summed E-state index contributed by atoms with van der Waals surface area (Å²) in [5.74, 6) is 0.482. The molecular weight excluding hydrogens is 348 g/mol. The van der Waals surface area contributed by atoms with E-state index in [1.165, 1.54) is 0 Å². The van der Waals surface area contributed by atoms with Crippen molar-refractivity contribution in [2.45, 2.75) is 19.9 Å². The Labute approximate surface area is 162 Å². The third-order valence-corrected chi connectivity index (χ3v) is 4.85. The Bertz CT molecular complexity index is 708. The smallest absolute Gasteiger partial charge is 0.333 e. The molecule has 0 bridgehead atoms. The van der Waals surface area contributed by atoms with Crippen molar-refractivity contribution < 1.29 is 9.53 Å². The number of hydrogen-bond donors (Lipinski definition) is 0. The van der Waals surface area contributed by atoms with Gasteiger partial charge in [-0.3, -0.25) is 4.90 Å². The normalized spacial score (nSPS) is 16.6. The van der Waals surface area contributed by atoms with Crippen molar-refractivity contribution in [3.8, 4) is 5.75 Å². The van der Waals surface area contributed by atoms with Crippen LogP contribution in [-0.2, 0) is 4.79 Å². The molecule has 140 valence electrons. The molecule has 1 unspecified atom stereocenters. The lowest BCUT2D eigenvalue weighted by molar-refractivity contribution is -0.141. The number of nitrogens with zero attached hydrogens (tertiary/aromatic N) is 2. The molecule has 4 nitrogen and oxygen atoms in total. The van der Waals surface area contributed by atoms with Gasteiger partial charge in [0.25, 0.3) is 0 Å². The first kappa shape index (κ1) is 20.4. The van der Waals surface area contributed by atoms with Gasteiger partial charge in [0.15, 0.2) is 0 Å². The number of benzene rings is 2. The maximum Gasteiger partial charge on any atom is 0.333 e. The monoisotopic (exact) mass is 374 g/mol. The summed E-state index contributed by atoms with van der Waals surface area (Å²) in [5.41, 5.74) is 2.96. The molecule has 0 amide bonds. The van der Waals surface area contributed by atoms with Crippen LogP contribution in [0.15, 0.2) is 48.5 Å². The number of carbonyl (C=O) groups is 1. The third-order valence-electron chi connectivity index (χ3n) is 4.85. The second-order valence-corrected chi connectivity index (χ2v) is 6.79. The number of carbonyl (C=O) groups excluding carboxylic acids is 1. The van der Waals surface area contributed by atoms with Crippen molar-refractivity contribution in [2.75, 3.05) is 33.2 Å². The number of rotatable bonds is 4. The van der Waals surface area contributed by atoms with Crippen LogP contribution in [0.1, 0.15) is 22.7 Å². The number of para-hydroxylation sites is 1. The van der Waals surface area contributed by atoms with Gasteiger partial charge in [-0.05, 0) is 37.6 Å². The van der Waals surface area contributed by atoms with Gasteiger partial charge in [-0.15, -0.1) is 12.4 Å². The van der Waals surface area contributed by atoms with E-state index in [1.54, 1.807) is 0 Å². The van der Waals surface area contributed by atoms with E-state index in [1.807, 2.05) is 62.4 Å². The molecule has 2 aromatic carbocycles. The van der Waals surface area contributed by atoms with Crippen LogP contribution < -0.4 is 4.74 Å². The number of aryl methyl sites for hydroxylation is 2. The fourth-order valence-corrected chi connectivity index (χ4v) is 3.33. The van der Waals surface area contributed by atoms with Crippen LogP contribution in [0.3, 0.4) is 0 Å². The highest BCUT2D eigenvalue weighted by molar-refractivity contribution is 5.85. The predicted molar refractivity (Wildman–Crippen MR) is 107 cm³/mol. The average Bonchev–Trinajstić information content (AvgIpc) is 2.61. The lowest BCUT2D eigenvalue weighted by Crippen LogP contribution is -2.48. The molecule has 1 fully saturated rings. The van der Waals surface area contributed by atoms with Crippen LogP contribution in [0.25, 0.3) is 0 Å². The molecule has 3 rings (SSSR count). The number of halogens is 1. The van der Waals surface area contributed by atoms with Gasteiger partial charge in [-0.25, -0.2) is 4.79 Å². The van der Waals surface area contributed by atoms with Crippen molar-refractivity contribution in [3.63, 3.8) is 0 Å². The van der Waals surface area contributed by atoms with Gasteiger partial charge in [0.1, 0.15) is 11.8 Å². The fraction of sp³-hybridized carbons (Fsp3) is 0.381. The molecule has 1 atom stereocenters. The molecule has 1 aliphatic rings. The molecule has 1 saturated heterocycles. The standard InChI is InChI=1S/C21H26N2O2.ClH/c1-16-8-7-9-17(2)20(16)25-21(24)19(18-10-5-4-6-11-18)23-14-12-22(3)13-15-23;/h4-11,19H,12-15H2,1-3H3;1H. The van der Waals surface area contributed by atoms with Gasteiger partial charge in [-0.2, -0.15) is 0 Å². The number of ether oxygens (including phenoxy) is 1. The molecule has 0 aromatic heterocycles. The Hall–Kier alpha value is -1.88. The highest BCUT2D eigenvalue weighted by Gasteiger charge is 2.31. The molecule has 1 heterocycles. The van der Waals surface area contributed by atoms with Gasteiger partial charge >= 0.3 is 5.97 Å². The third kappa shape index (κ3) is 4.64. The number of piperazine rings is 1. The Morgan fingerprint density at radius 2 is 1.50 bits per heavy atom. The molecule has 0 radical (unpaired) electrons. The van der Waals surface area contributed by atoms with Crippen LogP contribution >= 0.6 is 12.4 Å². The van der Waals surface area contributed by atoms with Crippen molar-refractivity contribution in [1.82, 2.24) is 9.80 Å². The zero-order chi connectivity index (χ0) is 17.8. The zero-order valence-corrected chi connectivity index (χ0v) is 16.5. The first-order chi connectivity index (χ1) is 12.1. The minimum absolute atomic E-state index is 0. The Morgan fingerprint density at radius 3 is 2.08 bits per heavy atom. The summed E-state index contributed by atoms with van der Waals surface area (Å²) in [6, 6.07) is 15.5. The van der Waals surface area contributed by atoms with Crippen LogP contribution in [0.4, 0.5) is 0 Å². The summed E-state index contributed by atoms with van der Waals surface area (Å²) in [4.78, 5) is 17.6. The predicted octanol–water partition coefficient (Wildman–Crippen LogP) is 3.62. The fourth-order valence-electron chi connectivity index (χ4n) is 3.33. The lowest BCUT2D eigenvalue weighted by atomic mass is 10.0. The summed E-state index contributed by atoms with van der Waals surface area (Å²) in [5, 5.41) is 0. The van der Waals surface area contributed by atoms with Gasteiger partial charge < -0.3 is 9.64 Å². The SMILES string of the molecule is Cc1cccc(C)c1OC(=O)C(c1ccccc1)N1CCN(C)CC1.Cl. The minimum atomic E-state index is -0.367. The van der Waals surface area contributed by atoms with Gasteiger partial charge in [0.05, 0.1) is 0 Å². The maximum atomic E-state index is 13.1. The number of esters is 1. The molecule has 0 N–H and O–H groups in total. The van der Waals surface area contributed by atoms with Crippen molar-refractivity contribution >= 4 is 18.4 Å².